The molecule has 2 nitrogen and oxygen atoms in total. The van der Waals surface area contributed by atoms with Gasteiger partial charge in [-0.3, -0.25) is 0 Å². The summed E-state index contributed by atoms with van der Waals surface area (Å²) >= 11 is 0. The summed E-state index contributed by atoms with van der Waals surface area (Å²) < 4.78 is 0. The summed E-state index contributed by atoms with van der Waals surface area (Å²) in [4.78, 5) is 8.50. The van der Waals surface area contributed by atoms with Crippen molar-refractivity contribution in [3.8, 4) is 11.4 Å². The topological polar surface area (TPSA) is 25.8 Å². The van der Waals surface area contributed by atoms with Gasteiger partial charge in [0.1, 0.15) is 0 Å². The normalized spacial score (nSPS) is 23.1. The van der Waals surface area contributed by atoms with Gasteiger partial charge >= 0.3 is 0 Å². The molecule has 1 heterocycles. The van der Waals surface area contributed by atoms with E-state index in [0.717, 1.165) is 11.4 Å². The number of hydrogen-bond acceptors (Lipinski definition) is 2. The van der Waals surface area contributed by atoms with Gasteiger partial charge in [-0.25, -0.2) is 9.97 Å². The highest BCUT2D eigenvalue weighted by molar-refractivity contribution is 5.55. The zero-order valence-electron chi connectivity index (χ0n) is 9.71. The molecule has 3 rings (SSSR count). The SMILES string of the molecule is [CH2]C1CC(c2ccc(-c3ncccn3)cc2)C1. The van der Waals surface area contributed by atoms with Crippen molar-refractivity contribution in [3.05, 3.63) is 55.2 Å². The number of nitrogens with zero attached hydrogens (tertiary/aromatic N) is 2. The largest absolute Gasteiger partial charge is 0.237 e. The first-order valence-corrected chi connectivity index (χ1v) is 6.03. The highest BCUT2D eigenvalue weighted by Crippen LogP contribution is 2.41. The number of hydrogen-bond donors (Lipinski definition) is 0. The second kappa shape index (κ2) is 4.28. The fourth-order valence-electron chi connectivity index (χ4n) is 2.36. The van der Waals surface area contributed by atoms with Crippen LogP contribution in [0, 0.1) is 12.8 Å². The van der Waals surface area contributed by atoms with E-state index in [-0.39, 0.29) is 0 Å². The molecule has 1 aliphatic rings. The Hall–Kier alpha value is -1.70. The molecule has 0 saturated heterocycles. The predicted octanol–water partition coefficient (Wildman–Crippen LogP) is 3.47. The molecule has 1 aromatic carbocycles. The van der Waals surface area contributed by atoms with Crippen LogP contribution in [0.5, 0.6) is 0 Å². The molecule has 2 heteroatoms. The summed E-state index contributed by atoms with van der Waals surface area (Å²) in [6, 6.07) is 10.5. The molecule has 0 bridgehead atoms. The fourth-order valence-corrected chi connectivity index (χ4v) is 2.36. The molecule has 0 atom stereocenters. The van der Waals surface area contributed by atoms with Gasteiger partial charge in [-0.05, 0) is 36.3 Å². The van der Waals surface area contributed by atoms with Crippen molar-refractivity contribution in [2.24, 2.45) is 5.92 Å². The lowest BCUT2D eigenvalue weighted by Crippen LogP contribution is -2.18. The smallest absolute Gasteiger partial charge is 0.159 e. The van der Waals surface area contributed by atoms with E-state index in [9.17, 15) is 0 Å². The summed E-state index contributed by atoms with van der Waals surface area (Å²) in [6.07, 6.45) is 5.99. The Labute approximate surface area is 102 Å². The molecule has 85 valence electrons. The van der Waals surface area contributed by atoms with Crippen LogP contribution >= 0.6 is 0 Å². The average molecular weight is 223 g/mol. The molecular formula is C15H15N2. The zero-order chi connectivity index (χ0) is 11.7. The van der Waals surface area contributed by atoms with Crippen molar-refractivity contribution in [2.45, 2.75) is 18.8 Å². The fraction of sp³-hybridized carbons (Fsp3) is 0.267. The Balaban J connectivity index is 1.81. The third-order valence-electron chi connectivity index (χ3n) is 3.44. The van der Waals surface area contributed by atoms with Gasteiger partial charge in [0, 0.05) is 18.0 Å². The second-order valence-electron chi connectivity index (χ2n) is 4.73. The summed E-state index contributed by atoms with van der Waals surface area (Å²) in [5, 5.41) is 0. The van der Waals surface area contributed by atoms with Crippen LogP contribution in [0.4, 0.5) is 0 Å². The van der Waals surface area contributed by atoms with Gasteiger partial charge in [0.2, 0.25) is 0 Å². The highest BCUT2D eigenvalue weighted by atomic mass is 14.8. The number of aromatic nitrogens is 2. The standard InChI is InChI=1S/C15H15N2/c1-11-9-14(10-11)12-3-5-13(6-4-12)15-16-7-2-8-17-15/h2-8,11,14H,1,9-10H2. The molecule has 17 heavy (non-hydrogen) atoms. The van der Waals surface area contributed by atoms with Crippen LogP contribution in [0.15, 0.2) is 42.7 Å². The van der Waals surface area contributed by atoms with E-state index >= 15 is 0 Å². The molecule has 0 aliphatic heterocycles. The van der Waals surface area contributed by atoms with Crippen molar-refractivity contribution in [2.75, 3.05) is 0 Å². The Morgan fingerprint density at radius 1 is 1.00 bits per heavy atom. The van der Waals surface area contributed by atoms with Crippen molar-refractivity contribution in [1.82, 2.24) is 9.97 Å². The number of rotatable bonds is 2. The maximum atomic E-state index is 4.25. The Morgan fingerprint density at radius 2 is 1.65 bits per heavy atom. The van der Waals surface area contributed by atoms with E-state index in [1.54, 1.807) is 12.4 Å². The molecule has 1 fully saturated rings. The van der Waals surface area contributed by atoms with Gasteiger partial charge < -0.3 is 0 Å². The summed E-state index contributed by atoms with van der Waals surface area (Å²) in [7, 11) is 0. The van der Waals surface area contributed by atoms with Gasteiger partial charge in [-0.15, -0.1) is 0 Å². The molecule has 1 radical (unpaired) electrons. The minimum Gasteiger partial charge on any atom is -0.237 e. The van der Waals surface area contributed by atoms with Crippen LogP contribution in [-0.4, -0.2) is 9.97 Å². The lowest BCUT2D eigenvalue weighted by atomic mass is 9.72. The van der Waals surface area contributed by atoms with Crippen molar-refractivity contribution in [3.63, 3.8) is 0 Å². The van der Waals surface area contributed by atoms with Crippen molar-refractivity contribution >= 4 is 0 Å². The van der Waals surface area contributed by atoms with E-state index in [2.05, 4.69) is 41.2 Å². The molecule has 0 unspecified atom stereocenters. The average Bonchev–Trinajstić information content (AvgIpc) is 2.36. The molecule has 2 aromatic rings. The Bertz CT molecular complexity index is 484. The van der Waals surface area contributed by atoms with Gasteiger partial charge in [-0.2, -0.15) is 0 Å². The monoisotopic (exact) mass is 223 g/mol. The predicted molar refractivity (Wildman–Crippen MR) is 68.3 cm³/mol. The maximum absolute atomic E-state index is 4.25. The molecule has 0 N–H and O–H groups in total. The van der Waals surface area contributed by atoms with E-state index < -0.39 is 0 Å². The minimum atomic E-state index is 0.650. The third-order valence-corrected chi connectivity index (χ3v) is 3.44. The molecule has 0 spiro atoms. The summed E-state index contributed by atoms with van der Waals surface area (Å²) in [6.45, 7) is 4.06. The van der Waals surface area contributed by atoms with Crippen LogP contribution in [0.1, 0.15) is 24.3 Å². The van der Waals surface area contributed by atoms with E-state index in [1.165, 1.54) is 18.4 Å². The maximum Gasteiger partial charge on any atom is 0.159 e. The lowest BCUT2D eigenvalue weighted by Gasteiger charge is -2.33. The van der Waals surface area contributed by atoms with Crippen LogP contribution in [0.25, 0.3) is 11.4 Å². The van der Waals surface area contributed by atoms with Crippen molar-refractivity contribution in [1.29, 1.82) is 0 Å². The zero-order valence-corrected chi connectivity index (χ0v) is 9.71. The van der Waals surface area contributed by atoms with Crippen LogP contribution < -0.4 is 0 Å². The molecule has 0 amide bonds. The second-order valence-corrected chi connectivity index (χ2v) is 4.73. The van der Waals surface area contributed by atoms with E-state index in [4.69, 9.17) is 0 Å². The first kappa shape index (κ1) is 10.5. The van der Waals surface area contributed by atoms with Crippen LogP contribution in [0.2, 0.25) is 0 Å². The Kier molecular flexibility index (Phi) is 2.63. The number of benzene rings is 1. The summed E-state index contributed by atoms with van der Waals surface area (Å²) in [5.41, 5.74) is 2.50. The quantitative estimate of drug-likeness (QED) is 0.779. The van der Waals surface area contributed by atoms with E-state index in [1.807, 2.05) is 6.07 Å². The minimum absolute atomic E-state index is 0.650. The van der Waals surface area contributed by atoms with Gasteiger partial charge in [0.15, 0.2) is 5.82 Å². The molecule has 1 aromatic heterocycles. The van der Waals surface area contributed by atoms with Crippen LogP contribution in [0.3, 0.4) is 0 Å². The first-order valence-electron chi connectivity index (χ1n) is 6.03. The highest BCUT2D eigenvalue weighted by Gasteiger charge is 2.26. The van der Waals surface area contributed by atoms with Gasteiger partial charge in [0.25, 0.3) is 0 Å². The van der Waals surface area contributed by atoms with Gasteiger partial charge in [0.05, 0.1) is 0 Å². The molecule has 1 saturated carbocycles. The first-order chi connectivity index (χ1) is 8.33. The summed E-state index contributed by atoms with van der Waals surface area (Å²) in [5.74, 6) is 2.16. The Morgan fingerprint density at radius 3 is 2.24 bits per heavy atom. The third kappa shape index (κ3) is 2.07. The molecular weight excluding hydrogens is 208 g/mol. The lowest BCUT2D eigenvalue weighted by molar-refractivity contribution is 0.320. The van der Waals surface area contributed by atoms with Gasteiger partial charge in [-0.1, -0.05) is 31.2 Å². The van der Waals surface area contributed by atoms with Crippen LogP contribution in [-0.2, 0) is 0 Å². The molecule has 1 aliphatic carbocycles. The van der Waals surface area contributed by atoms with E-state index in [0.29, 0.717) is 11.8 Å². The van der Waals surface area contributed by atoms with Crippen molar-refractivity contribution < 1.29 is 0 Å².